The van der Waals surface area contributed by atoms with Gasteiger partial charge in [0, 0.05) is 16.9 Å². The number of ketones is 1. The van der Waals surface area contributed by atoms with Crippen molar-refractivity contribution in [3.63, 3.8) is 0 Å². The lowest BCUT2D eigenvalue weighted by atomic mass is 10.0. The predicted octanol–water partition coefficient (Wildman–Crippen LogP) is 4.33. The highest BCUT2D eigenvalue weighted by Crippen LogP contribution is 2.33. The number of carbonyl (C=O) groups is 1. The molecule has 19 heavy (non-hydrogen) atoms. The lowest BCUT2D eigenvalue weighted by Gasteiger charge is -2.11. The van der Waals surface area contributed by atoms with Crippen LogP contribution < -0.4 is 0 Å². The van der Waals surface area contributed by atoms with Crippen molar-refractivity contribution >= 4 is 17.1 Å². The second-order valence-corrected chi connectivity index (χ2v) is 4.90. The Morgan fingerprint density at radius 3 is 2.53 bits per heavy atom. The summed E-state index contributed by atoms with van der Waals surface area (Å²) in [7, 11) is 0. The molecule has 2 rings (SSSR count). The van der Waals surface area contributed by atoms with Crippen molar-refractivity contribution in [2.24, 2.45) is 0 Å². The summed E-state index contributed by atoms with van der Waals surface area (Å²) in [5, 5.41) is 1.73. The second kappa shape index (κ2) is 5.13. The number of hydrogen-bond donors (Lipinski definition) is 0. The van der Waals surface area contributed by atoms with Crippen LogP contribution in [-0.4, -0.2) is 5.78 Å². The molecule has 6 heteroatoms. The van der Waals surface area contributed by atoms with Crippen LogP contribution in [0.15, 0.2) is 35.7 Å². The number of Topliss-reactive ketones (excluding diaryl/α,β-unsaturated/α-hetero) is 1. The van der Waals surface area contributed by atoms with Crippen LogP contribution in [-0.2, 0) is 12.6 Å². The molecule has 1 aromatic carbocycles. The molecule has 1 nitrogen and oxygen atoms in total. The van der Waals surface area contributed by atoms with Gasteiger partial charge < -0.3 is 0 Å². The number of alkyl halides is 3. The molecule has 2 aromatic rings. The van der Waals surface area contributed by atoms with E-state index >= 15 is 0 Å². The van der Waals surface area contributed by atoms with E-state index in [9.17, 15) is 22.4 Å². The monoisotopic (exact) mass is 288 g/mol. The van der Waals surface area contributed by atoms with Crippen LogP contribution in [0.2, 0.25) is 0 Å². The molecule has 0 aliphatic heterocycles. The molecule has 1 heterocycles. The quantitative estimate of drug-likeness (QED) is 0.607. The van der Waals surface area contributed by atoms with Gasteiger partial charge in [0.25, 0.3) is 0 Å². The molecule has 1 aromatic heterocycles. The number of halogens is 4. The number of rotatable bonds is 3. The standard InChI is InChI=1S/C13H8F4OS/c14-8-3-4-10(11(6-8)13(15,16)17)12(18)7-9-2-1-5-19-9/h1-6H,7H2. The SMILES string of the molecule is O=C(Cc1cccs1)c1ccc(F)cc1C(F)(F)F. The van der Waals surface area contributed by atoms with E-state index in [-0.39, 0.29) is 6.42 Å². The maximum atomic E-state index is 12.9. The van der Waals surface area contributed by atoms with Gasteiger partial charge in [0.1, 0.15) is 5.82 Å². The number of carbonyl (C=O) groups excluding carboxylic acids is 1. The van der Waals surface area contributed by atoms with Crippen LogP contribution in [0.4, 0.5) is 17.6 Å². The first-order valence-corrected chi connectivity index (χ1v) is 6.18. The fourth-order valence-electron chi connectivity index (χ4n) is 1.66. The Kier molecular flexibility index (Phi) is 3.71. The molecule has 0 spiro atoms. The van der Waals surface area contributed by atoms with Gasteiger partial charge in [-0.05, 0) is 29.6 Å². The normalized spacial score (nSPS) is 11.6. The van der Waals surface area contributed by atoms with Crippen LogP contribution in [0.5, 0.6) is 0 Å². The minimum absolute atomic E-state index is 0.119. The summed E-state index contributed by atoms with van der Waals surface area (Å²) >= 11 is 1.29. The fourth-order valence-corrected chi connectivity index (χ4v) is 2.36. The molecule has 0 saturated carbocycles. The van der Waals surface area contributed by atoms with Crippen molar-refractivity contribution in [1.82, 2.24) is 0 Å². The summed E-state index contributed by atoms with van der Waals surface area (Å²) in [5.41, 5.74) is -1.73. The van der Waals surface area contributed by atoms with Crippen molar-refractivity contribution in [3.8, 4) is 0 Å². The average molecular weight is 288 g/mol. The molecule has 0 bridgehead atoms. The molecule has 0 aliphatic carbocycles. The van der Waals surface area contributed by atoms with Gasteiger partial charge in [-0.1, -0.05) is 6.07 Å². The third kappa shape index (κ3) is 3.20. The van der Waals surface area contributed by atoms with Gasteiger partial charge in [-0.2, -0.15) is 13.2 Å². The molecule has 0 aliphatic rings. The zero-order chi connectivity index (χ0) is 14.0. The summed E-state index contributed by atoms with van der Waals surface area (Å²) in [5.74, 6) is -1.69. The van der Waals surface area contributed by atoms with Crippen LogP contribution >= 0.6 is 11.3 Å². The molecule has 0 radical (unpaired) electrons. The Morgan fingerprint density at radius 2 is 1.95 bits per heavy atom. The summed E-state index contributed by atoms with van der Waals surface area (Å²) in [4.78, 5) is 12.5. The van der Waals surface area contributed by atoms with E-state index in [2.05, 4.69) is 0 Å². The Balaban J connectivity index is 2.36. The molecule has 0 unspecified atom stereocenters. The molecule has 0 fully saturated rings. The second-order valence-electron chi connectivity index (χ2n) is 3.87. The third-order valence-electron chi connectivity index (χ3n) is 2.50. The van der Waals surface area contributed by atoms with Crippen molar-refractivity contribution < 1.29 is 22.4 Å². The van der Waals surface area contributed by atoms with E-state index in [1.165, 1.54) is 11.3 Å². The summed E-state index contributed by atoms with van der Waals surface area (Å²) in [6.45, 7) is 0. The van der Waals surface area contributed by atoms with E-state index in [0.29, 0.717) is 10.9 Å². The number of thiophene rings is 1. The Hall–Kier alpha value is -1.69. The van der Waals surface area contributed by atoms with E-state index in [1.54, 1.807) is 17.5 Å². The first-order valence-electron chi connectivity index (χ1n) is 5.30. The zero-order valence-corrected chi connectivity index (χ0v) is 10.3. The van der Waals surface area contributed by atoms with Crippen LogP contribution in [0.1, 0.15) is 20.8 Å². The van der Waals surface area contributed by atoms with Crippen molar-refractivity contribution in [2.45, 2.75) is 12.6 Å². The van der Waals surface area contributed by atoms with Gasteiger partial charge >= 0.3 is 6.18 Å². The van der Waals surface area contributed by atoms with E-state index in [4.69, 9.17) is 0 Å². The Bertz CT molecular complexity index is 587. The molecule has 100 valence electrons. The van der Waals surface area contributed by atoms with Crippen LogP contribution in [0, 0.1) is 5.82 Å². The minimum Gasteiger partial charge on any atom is -0.294 e. The lowest BCUT2D eigenvalue weighted by molar-refractivity contribution is -0.138. The van der Waals surface area contributed by atoms with Gasteiger partial charge in [-0.3, -0.25) is 4.79 Å². The molecular formula is C13H8F4OS. The molecule has 0 saturated heterocycles. The lowest BCUT2D eigenvalue weighted by Crippen LogP contribution is -2.14. The highest BCUT2D eigenvalue weighted by molar-refractivity contribution is 7.10. The Labute approximate surface area is 110 Å². The summed E-state index contributed by atoms with van der Waals surface area (Å²) < 4.78 is 51.2. The van der Waals surface area contributed by atoms with Gasteiger partial charge in [-0.15, -0.1) is 11.3 Å². The molecular weight excluding hydrogens is 280 g/mol. The van der Waals surface area contributed by atoms with Crippen molar-refractivity contribution in [3.05, 3.63) is 57.5 Å². The third-order valence-corrected chi connectivity index (χ3v) is 3.38. The fraction of sp³-hybridized carbons (Fsp3) is 0.154. The maximum Gasteiger partial charge on any atom is 0.417 e. The Morgan fingerprint density at radius 1 is 1.21 bits per heavy atom. The number of hydrogen-bond acceptors (Lipinski definition) is 2. The van der Waals surface area contributed by atoms with Crippen molar-refractivity contribution in [1.29, 1.82) is 0 Å². The first-order chi connectivity index (χ1) is 8.88. The molecule has 0 N–H and O–H groups in total. The van der Waals surface area contributed by atoms with Crippen molar-refractivity contribution in [2.75, 3.05) is 0 Å². The van der Waals surface area contributed by atoms with Crippen LogP contribution in [0.25, 0.3) is 0 Å². The summed E-state index contributed by atoms with van der Waals surface area (Å²) in [6, 6.07) is 5.47. The van der Waals surface area contributed by atoms with Gasteiger partial charge in [0.05, 0.1) is 5.56 Å². The molecule has 0 atom stereocenters. The highest BCUT2D eigenvalue weighted by Gasteiger charge is 2.35. The predicted molar refractivity (Wildman–Crippen MR) is 63.8 cm³/mol. The largest absolute Gasteiger partial charge is 0.417 e. The summed E-state index contributed by atoms with van der Waals surface area (Å²) in [6.07, 6.45) is -4.87. The van der Waals surface area contributed by atoms with Gasteiger partial charge in [0.15, 0.2) is 5.78 Å². The van der Waals surface area contributed by atoms with Crippen LogP contribution in [0.3, 0.4) is 0 Å². The smallest absolute Gasteiger partial charge is 0.294 e. The minimum atomic E-state index is -4.75. The topological polar surface area (TPSA) is 17.1 Å². The first kappa shape index (κ1) is 13.7. The average Bonchev–Trinajstić information content (AvgIpc) is 2.80. The zero-order valence-electron chi connectivity index (χ0n) is 9.50. The van der Waals surface area contributed by atoms with Gasteiger partial charge in [-0.25, -0.2) is 4.39 Å². The molecule has 0 amide bonds. The van der Waals surface area contributed by atoms with E-state index in [0.717, 1.165) is 12.1 Å². The number of benzene rings is 1. The van der Waals surface area contributed by atoms with E-state index in [1.807, 2.05) is 0 Å². The maximum absolute atomic E-state index is 12.9. The highest BCUT2D eigenvalue weighted by atomic mass is 32.1. The van der Waals surface area contributed by atoms with E-state index < -0.39 is 28.9 Å². The van der Waals surface area contributed by atoms with Gasteiger partial charge in [0.2, 0.25) is 0 Å².